The molecule has 2 heterocycles. The molecule has 0 spiro atoms. The Kier molecular flexibility index (Phi) is 4.46. The average Bonchev–Trinajstić information content (AvgIpc) is 3.23. The summed E-state index contributed by atoms with van der Waals surface area (Å²) in [5.41, 5.74) is 4.70. The van der Waals surface area contributed by atoms with Crippen molar-refractivity contribution in [1.82, 2.24) is 20.7 Å². The van der Waals surface area contributed by atoms with Crippen LogP contribution in [0.15, 0.2) is 41.1 Å². The van der Waals surface area contributed by atoms with Gasteiger partial charge in [0.05, 0.1) is 17.3 Å². The maximum Gasteiger partial charge on any atom is 0.227 e. The lowest BCUT2D eigenvalue weighted by molar-refractivity contribution is -0.122. The minimum atomic E-state index is -0.291. The zero-order chi connectivity index (χ0) is 17.1. The predicted octanol–water partition coefficient (Wildman–Crippen LogP) is 3.10. The van der Waals surface area contributed by atoms with E-state index in [-0.39, 0.29) is 11.8 Å². The maximum atomic E-state index is 12.4. The summed E-state index contributed by atoms with van der Waals surface area (Å²) in [6, 6.07) is 9.93. The molecule has 0 aliphatic carbocycles. The molecule has 0 aliphatic rings. The zero-order valence-electron chi connectivity index (χ0n) is 14.0. The van der Waals surface area contributed by atoms with Crippen molar-refractivity contribution < 1.29 is 9.32 Å². The topological polar surface area (TPSA) is 83.8 Å². The van der Waals surface area contributed by atoms with E-state index in [1.165, 1.54) is 0 Å². The average molecular weight is 324 g/mol. The van der Waals surface area contributed by atoms with Crippen LogP contribution in [-0.4, -0.2) is 21.3 Å². The van der Waals surface area contributed by atoms with Crippen molar-refractivity contribution in [3.8, 4) is 11.3 Å². The summed E-state index contributed by atoms with van der Waals surface area (Å²) in [4.78, 5) is 12.4. The molecule has 2 aromatic heterocycles. The Morgan fingerprint density at radius 3 is 2.58 bits per heavy atom. The third-order valence-corrected chi connectivity index (χ3v) is 4.15. The molecule has 0 bridgehead atoms. The number of nitrogens with zero attached hydrogens (tertiary/aromatic N) is 2. The first-order chi connectivity index (χ1) is 11.6. The van der Waals surface area contributed by atoms with Crippen LogP contribution in [0.3, 0.4) is 0 Å². The van der Waals surface area contributed by atoms with Crippen LogP contribution >= 0.6 is 0 Å². The van der Waals surface area contributed by atoms with Crippen LogP contribution in [0.1, 0.15) is 35.4 Å². The quantitative estimate of drug-likeness (QED) is 0.755. The van der Waals surface area contributed by atoms with E-state index >= 15 is 0 Å². The molecule has 3 rings (SSSR count). The van der Waals surface area contributed by atoms with E-state index in [4.69, 9.17) is 4.52 Å². The lowest BCUT2D eigenvalue weighted by Crippen LogP contribution is -2.28. The summed E-state index contributed by atoms with van der Waals surface area (Å²) in [6.07, 6.45) is 1.72. The first-order valence-electron chi connectivity index (χ1n) is 7.85. The Morgan fingerprint density at radius 1 is 1.25 bits per heavy atom. The molecule has 2 N–H and O–H groups in total. The molecule has 6 heteroatoms. The number of aromatic amines is 1. The molecule has 0 aliphatic heterocycles. The van der Waals surface area contributed by atoms with Crippen LogP contribution in [0.2, 0.25) is 0 Å². The summed E-state index contributed by atoms with van der Waals surface area (Å²) in [7, 11) is 0. The normalized spacial score (nSPS) is 12.1. The fourth-order valence-electron chi connectivity index (χ4n) is 2.80. The second kappa shape index (κ2) is 6.70. The summed E-state index contributed by atoms with van der Waals surface area (Å²) >= 11 is 0. The van der Waals surface area contributed by atoms with Gasteiger partial charge in [0.25, 0.3) is 0 Å². The lowest BCUT2D eigenvalue weighted by atomic mass is 9.98. The second-order valence-electron chi connectivity index (χ2n) is 5.84. The Labute approximate surface area is 140 Å². The van der Waals surface area contributed by atoms with Crippen LogP contribution in [0, 0.1) is 13.8 Å². The van der Waals surface area contributed by atoms with Crippen molar-refractivity contribution in [2.24, 2.45) is 0 Å². The van der Waals surface area contributed by atoms with E-state index in [9.17, 15) is 4.79 Å². The monoisotopic (exact) mass is 324 g/mol. The molecule has 0 saturated heterocycles. The predicted molar refractivity (Wildman–Crippen MR) is 90.3 cm³/mol. The van der Waals surface area contributed by atoms with Crippen molar-refractivity contribution >= 4 is 5.91 Å². The van der Waals surface area contributed by atoms with Gasteiger partial charge in [0.1, 0.15) is 5.76 Å². The number of hydrogen-bond donors (Lipinski definition) is 2. The van der Waals surface area contributed by atoms with E-state index in [1.807, 2.05) is 51.1 Å². The molecule has 0 fully saturated rings. The Hall–Kier alpha value is -2.89. The molecule has 124 valence electrons. The molecule has 3 aromatic rings. The van der Waals surface area contributed by atoms with Crippen molar-refractivity contribution in [3.63, 3.8) is 0 Å². The lowest BCUT2D eigenvalue weighted by Gasteiger charge is -2.12. The van der Waals surface area contributed by atoms with Gasteiger partial charge < -0.3 is 9.84 Å². The Morgan fingerprint density at radius 2 is 2.00 bits per heavy atom. The van der Waals surface area contributed by atoms with Gasteiger partial charge in [-0.05, 0) is 38.0 Å². The molecule has 0 saturated carbocycles. The number of carbonyl (C=O) groups is 1. The molecule has 1 unspecified atom stereocenters. The molecular weight excluding hydrogens is 304 g/mol. The first-order valence-corrected chi connectivity index (χ1v) is 7.85. The highest BCUT2D eigenvalue weighted by molar-refractivity contribution is 5.83. The highest BCUT2D eigenvalue weighted by Crippen LogP contribution is 2.23. The van der Waals surface area contributed by atoms with E-state index < -0.39 is 0 Å². The standard InChI is InChI=1S/C18H20N4O2/c1-11(17-12(2)22-24-13(17)3)18(23)19-10-14-4-6-15(7-5-14)16-8-9-20-21-16/h4-9,11H,10H2,1-3H3,(H,19,23)(H,20,21). The van der Waals surface area contributed by atoms with E-state index in [1.54, 1.807) is 6.20 Å². The summed E-state index contributed by atoms with van der Waals surface area (Å²) in [6.45, 7) is 6.02. The number of carbonyl (C=O) groups excluding carboxylic acids is 1. The van der Waals surface area contributed by atoms with Gasteiger partial charge in [0.2, 0.25) is 5.91 Å². The fourth-order valence-corrected chi connectivity index (χ4v) is 2.80. The number of aromatic nitrogens is 3. The highest BCUT2D eigenvalue weighted by atomic mass is 16.5. The zero-order valence-corrected chi connectivity index (χ0v) is 14.0. The Bertz CT molecular complexity index is 800. The Balaban J connectivity index is 1.62. The van der Waals surface area contributed by atoms with Gasteiger partial charge in [0, 0.05) is 18.3 Å². The number of amides is 1. The molecule has 0 radical (unpaired) electrons. The van der Waals surface area contributed by atoms with E-state index in [2.05, 4.69) is 20.7 Å². The van der Waals surface area contributed by atoms with Gasteiger partial charge in [-0.2, -0.15) is 5.10 Å². The van der Waals surface area contributed by atoms with Crippen molar-refractivity contribution in [2.45, 2.75) is 33.2 Å². The third-order valence-electron chi connectivity index (χ3n) is 4.15. The smallest absolute Gasteiger partial charge is 0.227 e. The van der Waals surface area contributed by atoms with E-state index in [0.29, 0.717) is 12.3 Å². The molecule has 6 nitrogen and oxygen atoms in total. The van der Waals surface area contributed by atoms with Crippen LogP contribution in [-0.2, 0) is 11.3 Å². The van der Waals surface area contributed by atoms with Crippen LogP contribution in [0.25, 0.3) is 11.3 Å². The molecule has 24 heavy (non-hydrogen) atoms. The molecular formula is C18H20N4O2. The van der Waals surface area contributed by atoms with Gasteiger partial charge >= 0.3 is 0 Å². The van der Waals surface area contributed by atoms with Gasteiger partial charge in [-0.1, -0.05) is 29.4 Å². The highest BCUT2D eigenvalue weighted by Gasteiger charge is 2.22. The molecule has 1 amide bonds. The minimum absolute atomic E-state index is 0.0398. The minimum Gasteiger partial charge on any atom is -0.361 e. The summed E-state index contributed by atoms with van der Waals surface area (Å²) < 4.78 is 5.14. The van der Waals surface area contributed by atoms with Crippen molar-refractivity contribution in [3.05, 3.63) is 59.1 Å². The van der Waals surface area contributed by atoms with Crippen molar-refractivity contribution in [2.75, 3.05) is 0 Å². The van der Waals surface area contributed by atoms with Gasteiger partial charge in [-0.15, -0.1) is 0 Å². The fraction of sp³-hybridized carbons (Fsp3) is 0.278. The van der Waals surface area contributed by atoms with E-state index in [0.717, 1.165) is 28.1 Å². The van der Waals surface area contributed by atoms with Crippen molar-refractivity contribution in [1.29, 1.82) is 0 Å². The number of aryl methyl sites for hydroxylation is 2. The second-order valence-corrected chi connectivity index (χ2v) is 5.84. The largest absolute Gasteiger partial charge is 0.361 e. The van der Waals surface area contributed by atoms with Crippen LogP contribution in [0.5, 0.6) is 0 Å². The maximum absolute atomic E-state index is 12.4. The number of H-pyrrole nitrogens is 1. The van der Waals surface area contributed by atoms with Gasteiger partial charge in [-0.3, -0.25) is 9.89 Å². The van der Waals surface area contributed by atoms with Gasteiger partial charge in [-0.25, -0.2) is 0 Å². The summed E-state index contributed by atoms with van der Waals surface area (Å²) in [5, 5.41) is 13.7. The number of nitrogens with one attached hydrogen (secondary N) is 2. The number of hydrogen-bond acceptors (Lipinski definition) is 4. The molecule has 1 atom stereocenters. The SMILES string of the molecule is Cc1noc(C)c1C(C)C(=O)NCc1ccc(-c2ccn[nH]2)cc1. The van der Waals surface area contributed by atoms with Crippen LogP contribution in [0.4, 0.5) is 0 Å². The number of benzene rings is 1. The number of rotatable bonds is 5. The molecule has 1 aromatic carbocycles. The van der Waals surface area contributed by atoms with Gasteiger partial charge in [0.15, 0.2) is 0 Å². The van der Waals surface area contributed by atoms with Crippen LogP contribution < -0.4 is 5.32 Å². The third kappa shape index (κ3) is 3.22. The first kappa shape index (κ1) is 16.0. The summed E-state index contributed by atoms with van der Waals surface area (Å²) in [5.74, 6) is 0.363.